The van der Waals surface area contributed by atoms with Crippen molar-refractivity contribution in [2.24, 2.45) is 0 Å². The minimum absolute atomic E-state index is 0.0298. The second-order valence-electron chi connectivity index (χ2n) is 8.10. The Labute approximate surface area is 187 Å². The lowest BCUT2D eigenvalue weighted by Crippen LogP contribution is -2.39. The number of hydrogen-bond donors (Lipinski definition) is 0. The maximum absolute atomic E-state index is 13.6. The molecule has 7 nitrogen and oxygen atoms in total. The molecular formula is C23H31N5O2S. The molecule has 1 fully saturated rings. The molecule has 0 atom stereocenters. The van der Waals surface area contributed by atoms with Crippen LogP contribution in [0.3, 0.4) is 0 Å². The zero-order valence-electron chi connectivity index (χ0n) is 18.8. The van der Waals surface area contributed by atoms with Crippen molar-refractivity contribution in [1.29, 1.82) is 0 Å². The molecular weight excluding hydrogens is 410 g/mol. The van der Waals surface area contributed by atoms with E-state index < -0.39 is 0 Å². The lowest BCUT2D eigenvalue weighted by Gasteiger charge is -2.27. The second-order valence-corrected chi connectivity index (χ2v) is 9.11. The standard InChI is InChI=1S/C23H31N5O2S/c1-5-28-19(15-17(3)25-28)22(29)27(10-6-9-26-11-13-30-14-12-26)23-24-21-18(4)16(2)7-8-20(21)31-23/h7-8,15H,5-6,9-14H2,1-4H3. The highest BCUT2D eigenvalue weighted by atomic mass is 32.1. The first-order valence-electron chi connectivity index (χ1n) is 11.0. The summed E-state index contributed by atoms with van der Waals surface area (Å²) in [5.74, 6) is -0.0298. The number of carbonyl (C=O) groups is 1. The Morgan fingerprint density at radius 1 is 1.23 bits per heavy atom. The summed E-state index contributed by atoms with van der Waals surface area (Å²) in [7, 11) is 0. The third-order valence-electron chi connectivity index (χ3n) is 5.93. The van der Waals surface area contributed by atoms with Crippen LogP contribution in [0.25, 0.3) is 10.2 Å². The lowest BCUT2D eigenvalue weighted by atomic mass is 10.1. The number of rotatable bonds is 7. The quantitative estimate of drug-likeness (QED) is 0.558. The van der Waals surface area contributed by atoms with E-state index in [4.69, 9.17) is 9.72 Å². The van der Waals surface area contributed by atoms with Crippen molar-refractivity contribution >= 4 is 32.6 Å². The summed E-state index contributed by atoms with van der Waals surface area (Å²) >= 11 is 1.59. The number of aryl methyl sites for hydroxylation is 4. The first-order chi connectivity index (χ1) is 15.0. The van der Waals surface area contributed by atoms with Gasteiger partial charge in [-0.15, -0.1) is 0 Å². The zero-order chi connectivity index (χ0) is 22.0. The first-order valence-corrected chi connectivity index (χ1v) is 11.8. The number of carbonyl (C=O) groups excluding carboxylic acids is 1. The Hall–Kier alpha value is -2.29. The lowest BCUT2D eigenvalue weighted by molar-refractivity contribution is 0.0376. The van der Waals surface area contributed by atoms with Crippen LogP contribution in [-0.2, 0) is 11.3 Å². The molecule has 0 aliphatic carbocycles. The van der Waals surface area contributed by atoms with Gasteiger partial charge in [0.25, 0.3) is 5.91 Å². The van der Waals surface area contributed by atoms with Gasteiger partial charge in [0.05, 0.1) is 29.1 Å². The Balaban J connectivity index is 1.63. The Bertz CT molecular complexity index is 1070. The summed E-state index contributed by atoms with van der Waals surface area (Å²) in [5, 5.41) is 5.24. The topological polar surface area (TPSA) is 63.5 Å². The van der Waals surface area contributed by atoms with E-state index in [-0.39, 0.29) is 5.91 Å². The summed E-state index contributed by atoms with van der Waals surface area (Å²) < 4.78 is 8.35. The maximum atomic E-state index is 13.6. The average Bonchev–Trinajstić information content (AvgIpc) is 3.38. The van der Waals surface area contributed by atoms with Gasteiger partial charge in [-0.1, -0.05) is 17.4 Å². The van der Waals surface area contributed by atoms with Gasteiger partial charge >= 0.3 is 0 Å². The van der Waals surface area contributed by atoms with Gasteiger partial charge in [0, 0.05) is 32.7 Å². The average molecular weight is 442 g/mol. The Morgan fingerprint density at radius 2 is 2.00 bits per heavy atom. The van der Waals surface area contributed by atoms with Crippen molar-refractivity contribution in [3.63, 3.8) is 0 Å². The van der Waals surface area contributed by atoms with Crippen molar-refractivity contribution in [2.75, 3.05) is 44.3 Å². The number of benzene rings is 1. The molecule has 0 bridgehead atoms. The van der Waals surface area contributed by atoms with Crippen LogP contribution in [0.4, 0.5) is 5.13 Å². The van der Waals surface area contributed by atoms with E-state index >= 15 is 0 Å². The van der Waals surface area contributed by atoms with Gasteiger partial charge < -0.3 is 4.74 Å². The maximum Gasteiger partial charge on any atom is 0.278 e. The largest absolute Gasteiger partial charge is 0.379 e. The van der Waals surface area contributed by atoms with Crippen molar-refractivity contribution in [3.05, 3.63) is 40.7 Å². The van der Waals surface area contributed by atoms with Gasteiger partial charge in [-0.2, -0.15) is 5.10 Å². The van der Waals surface area contributed by atoms with E-state index in [2.05, 4.69) is 36.0 Å². The van der Waals surface area contributed by atoms with Crippen LogP contribution >= 0.6 is 11.3 Å². The predicted octanol–water partition coefficient (Wildman–Crippen LogP) is 3.81. The number of hydrogen-bond acceptors (Lipinski definition) is 6. The Kier molecular flexibility index (Phi) is 6.69. The zero-order valence-corrected chi connectivity index (χ0v) is 19.7. The number of amides is 1. The number of ether oxygens (including phenoxy) is 1. The summed E-state index contributed by atoms with van der Waals surface area (Å²) in [4.78, 5) is 22.8. The summed E-state index contributed by atoms with van der Waals surface area (Å²) in [6.07, 6.45) is 0.888. The SMILES string of the molecule is CCn1nc(C)cc1C(=O)N(CCCN1CCOCC1)c1nc2c(C)c(C)ccc2s1. The van der Waals surface area contributed by atoms with E-state index in [9.17, 15) is 4.79 Å². The van der Waals surface area contributed by atoms with Gasteiger partial charge in [0.15, 0.2) is 5.13 Å². The molecule has 1 aromatic carbocycles. The number of nitrogens with zero attached hydrogens (tertiary/aromatic N) is 5. The number of morpholine rings is 1. The van der Waals surface area contributed by atoms with Crippen molar-refractivity contribution in [3.8, 4) is 0 Å². The van der Waals surface area contributed by atoms with Crippen LogP contribution in [0.5, 0.6) is 0 Å². The van der Waals surface area contributed by atoms with Crippen molar-refractivity contribution in [2.45, 2.75) is 40.7 Å². The highest BCUT2D eigenvalue weighted by Crippen LogP contribution is 2.32. The van der Waals surface area contributed by atoms with E-state index in [0.29, 0.717) is 18.8 Å². The molecule has 2 aromatic heterocycles. The van der Waals surface area contributed by atoms with Crippen molar-refractivity contribution in [1.82, 2.24) is 19.7 Å². The molecule has 31 heavy (non-hydrogen) atoms. The van der Waals surface area contributed by atoms with E-state index in [0.717, 1.165) is 60.3 Å². The van der Waals surface area contributed by atoms with Gasteiger partial charge in [-0.05, 0) is 57.4 Å². The second kappa shape index (κ2) is 9.46. The van der Waals surface area contributed by atoms with Crippen molar-refractivity contribution < 1.29 is 9.53 Å². The van der Waals surface area contributed by atoms with Crippen LogP contribution in [0.1, 0.15) is 40.7 Å². The van der Waals surface area contributed by atoms with Gasteiger partial charge in [-0.3, -0.25) is 19.3 Å². The molecule has 1 saturated heterocycles. The molecule has 0 spiro atoms. The number of thiazole rings is 1. The summed E-state index contributed by atoms with van der Waals surface area (Å²) in [6, 6.07) is 6.11. The van der Waals surface area contributed by atoms with Gasteiger partial charge in [0.1, 0.15) is 5.69 Å². The number of anilines is 1. The molecule has 3 aromatic rings. The summed E-state index contributed by atoms with van der Waals surface area (Å²) in [6.45, 7) is 13.8. The van der Waals surface area contributed by atoms with Crippen LogP contribution in [0, 0.1) is 20.8 Å². The summed E-state index contributed by atoms with van der Waals surface area (Å²) in [5.41, 5.74) is 4.86. The fourth-order valence-electron chi connectivity index (χ4n) is 3.99. The molecule has 166 valence electrons. The van der Waals surface area contributed by atoms with E-state index in [1.165, 1.54) is 11.1 Å². The Morgan fingerprint density at radius 3 is 2.74 bits per heavy atom. The number of aromatic nitrogens is 3. The van der Waals surface area contributed by atoms with Gasteiger partial charge in [0.2, 0.25) is 0 Å². The highest BCUT2D eigenvalue weighted by molar-refractivity contribution is 7.22. The molecule has 3 heterocycles. The predicted molar refractivity (Wildman–Crippen MR) is 125 cm³/mol. The van der Waals surface area contributed by atoms with Crippen LogP contribution in [0.2, 0.25) is 0 Å². The molecule has 1 aliphatic heterocycles. The van der Waals surface area contributed by atoms with Crippen LogP contribution < -0.4 is 4.90 Å². The molecule has 1 aliphatic rings. The molecule has 0 unspecified atom stereocenters. The third-order valence-corrected chi connectivity index (χ3v) is 6.97. The minimum Gasteiger partial charge on any atom is -0.379 e. The number of fused-ring (bicyclic) bond motifs is 1. The smallest absolute Gasteiger partial charge is 0.278 e. The molecule has 0 radical (unpaired) electrons. The van der Waals surface area contributed by atoms with E-state index in [1.807, 2.05) is 24.8 Å². The van der Waals surface area contributed by atoms with Crippen LogP contribution in [-0.4, -0.2) is 65.0 Å². The first kappa shape index (κ1) is 21.9. The fraction of sp³-hybridized carbons (Fsp3) is 0.522. The normalized spacial score (nSPS) is 15.0. The van der Waals surface area contributed by atoms with E-state index in [1.54, 1.807) is 16.0 Å². The van der Waals surface area contributed by atoms with Gasteiger partial charge in [-0.25, -0.2) is 4.98 Å². The van der Waals surface area contributed by atoms with Crippen LogP contribution in [0.15, 0.2) is 18.2 Å². The molecule has 4 rings (SSSR count). The molecule has 0 N–H and O–H groups in total. The molecule has 0 saturated carbocycles. The minimum atomic E-state index is -0.0298. The molecule has 1 amide bonds. The fourth-order valence-corrected chi connectivity index (χ4v) is 5.04. The molecule has 8 heteroatoms. The highest BCUT2D eigenvalue weighted by Gasteiger charge is 2.25. The monoisotopic (exact) mass is 441 g/mol. The third kappa shape index (κ3) is 4.66.